The number of ether oxygens (including phenoxy) is 2. The van der Waals surface area contributed by atoms with Crippen LogP contribution in [0.25, 0.3) is 10.9 Å². The Bertz CT molecular complexity index is 1220. The molecule has 6 nitrogen and oxygen atoms in total. The molecule has 4 aromatic rings. The monoisotopic (exact) mass is 406 g/mol. The smallest absolute Gasteiger partial charge is 0.387 e. The summed E-state index contributed by atoms with van der Waals surface area (Å²) in [6.45, 7) is -2.78. The van der Waals surface area contributed by atoms with Crippen LogP contribution in [-0.4, -0.2) is 16.6 Å². The number of aromatic amines is 1. The normalized spacial score (nSPS) is 10.7. The fourth-order valence-electron chi connectivity index (χ4n) is 2.96. The molecule has 150 valence electrons. The van der Waals surface area contributed by atoms with E-state index in [2.05, 4.69) is 20.0 Å². The van der Waals surface area contributed by atoms with Gasteiger partial charge in [-0.25, -0.2) is 4.98 Å². The number of anilines is 2. The molecule has 2 aromatic heterocycles. The summed E-state index contributed by atoms with van der Waals surface area (Å²) in [6, 6.07) is 19.2. The molecular formula is C22H16F2N4O2. The lowest BCUT2D eigenvalue weighted by molar-refractivity contribution is -0.0499. The first-order valence-electron chi connectivity index (χ1n) is 9.02. The van der Waals surface area contributed by atoms with Gasteiger partial charge < -0.3 is 19.8 Å². The van der Waals surface area contributed by atoms with Crippen LogP contribution in [-0.2, 0) is 6.61 Å². The molecule has 0 aliphatic rings. The van der Waals surface area contributed by atoms with Crippen molar-refractivity contribution in [2.24, 2.45) is 0 Å². The standard InChI is InChI=1S/C22H16F2N4O2/c23-22(24)30-18-3-1-2-14(8-18)13-29-19-9-17(12-25)28-21(11-19)27-16-5-4-15-6-7-26-20(15)10-16/h1-11,22,26H,13H2,(H,27,28). The van der Waals surface area contributed by atoms with E-state index < -0.39 is 6.61 Å². The Hall–Kier alpha value is -4.12. The predicted octanol–water partition coefficient (Wildman–Crippen LogP) is 5.36. The number of benzene rings is 2. The van der Waals surface area contributed by atoms with Crippen molar-refractivity contribution < 1.29 is 18.3 Å². The van der Waals surface area contributed by atoms with E-state index in [-0.39, 0.29) is 18.1 Å². The molecule has 0 saturated carbocycles. The summed E-state index contributed by atoms with van der Waals surface area (Å²) in [5, 5.41) is 13.5. The van der Waals surface area contributed by atoms with Crippen LogP contribution in [0.1, 0.15) is 11.3 Å². The highest BCUT2D eigenvalue weighted by atomic mass is 19.3. The van der Waals surface area contributed by atoms with Gasteiger partial charge in [-0.05, 0) is 41.3 Å². The summed E-state index contributed by atoms with van der Waals surface area (Å²) in [6.07, 6.45) is 1.86. The maximum absolute atomic E-state index is 12.4. The molecule has 0 aliphatic heterocycles. The Morgan fingerprint density at radius 1 is 1.07 bits per heavy atom. The molecule has 0 radical (unpaired) electrons. The molecule has 2 heterocycles. The summed E-state index contributed by atoms with van der Waals surface area (Å²) in [4.78, 5) is 7.39. The Kier molecular flexibility index (Phi) is 5.44. The first-order chi connectivity index (χ1) is 14.6. The Morgan fingerprint density at radius 2 is 1.97 bits per heavy atom. The van der Waals surface area contributed by atoms with E-state index in [1.54, 1.807) is 18.2 Å². The zero-order chi connectivity index (χ0) is 20.9. The van der Waals surface area contributed by atoms with Gasteiger partial charge in [-0.3, -0.25) is 0 Å². The van der Waals surface area contributed by atoms with Crippen LogP contribution >= 0.6 is 0 Å². The number of nitriles is 1. The van der Waals surface area contributed by atoms with E-state index in [9.17, 15) is 14.0 Å². The van der Waals surface area contributed by atoms with E-state index in [1.807, 2.05) is 36.5 Å². The van der Waals surface area contributed by atoms with Gasteiger partial charge in [0.1, 0.15) is 35.7 Å². The molecule has 8 heteroatoms. The molecule has 0 amide bonds. The second-order valence-corrected chi connectivity index (χ2v) is 6.40. The molecule has 4 rings (SSSR count). The molecule has 0 saturated heterocycles. The van der Waals surface area contributed by atoms with Gasteiger partial charge in [-0.1, -0.05) is 18.2 Å². The minimum atomic E-state index is -2.89. The number of nitrogens with one attached hydrogen (secondary N) is 2. The lowest BCUT2D eigenvalue weighted by Gasteiger charge is -2.11. The van der Waals surface area contributed by atoms with Crippen molar-refractivity contribution >= 4 is 22.4 Å². The number of pyridine rings is 1. The van der Waals surface area contributed by atoms with E-state index in [0.29, 0.717) is 17.1 Å². The summed E-state index contributed by atoms with van der Waals surface area (Å²) in [5.41, 5.74) is 2.61. The van der Waals surface area contributed by atoms with Gasteiger partial charge >= 0.3 is 6.61 Å². The van der Waals surface area contributed by atoms with Crippen LogP contribution in [0.3, 0.4) is 0 Å². The predicted molar refractivity (Wildman–Crippen MR) is 108 cm³/mol. The van der Waals surface area contributed by atoms with Crippen LogP contribution in [0.15, 0.2) is 66.9 Å². The van der Waals surface area contributed by atoms with Crippen LogP contribution in [0.5, 0.6) is 11.5 Å². The van der Waals surface area contributed by atoms with E-state index in [0.717, 1.165) is 16.6 Å². The quantitative estimate of drug-likeness (QED) is 0.432. The number of aromatic nitrogens is 2. The lowest BCUT2D eigenvalue weighted by atomic mass is 10.2. The lowest BCUT2D eigenvalue weighted by Crippen LogP contribution is -2.03. The summed E-state index contributed by atoms with van der Waals surface area (Å²) < 4.78 is 34.9. The molecular weight excluding hydrogens is 390 g/mol. The second-order valence-electron chi connectivity index (χ2n) is 6.40. The maximum atomic E-state index is 12.4. The van der Waals surface area contributed by atoms with Crippen molar-refractivity contribution in [1.82, 2.24) is 9.97 Å². The summed E-state index contributed by atoms with van der Waals surface area (Å²) in [5.74, 6) is 0.926. The number of rotatable bonds is 7. The largest absolute Gasteiger partial charge is 0.489 e. The number of halogens is 2. The zero-order valence-electron chi connectivity index (χ0n) is 15.6. The number of nitrogens with zero attached hydrogens (tertiary/aromatic N) is 2. The van der Waals surface area contributed by atoms with Crippen molar-refractivity contribution in [2.45, 2.75) is 13.2 Å². The number of H-pyrrole nitrogens is 1. The molecule has 2 N–H and O–H groups in total. The van der Waals surface area contributed by atoms with E-state index in [1.165, 1.54) is 18.2 Å². The molecule has 0 fully saturated rings. The molecule has 0 aliphatic carbocycles. The highest BCUT2D eigenvalue weighted by Crippen LogP contribution is 2.25. The first-order valence-corrected chi connectivity index (χ1v) is 9.02. The minimum absolute atomic E-state index is 0.0561. The molecule has 0 spiro atoms. The van der Waals surface area contributed by atoms with Gasteiger partial charge in [-0.15, -0.1) is 0 Å². The van der Waals surface area contributed by atoms with E-state index >= 15 is 0 Å². The Labute approximate surface area is 170 Å². The molecule has 0 bridgehead atoms. The van der Waals surface area contributed by atoms with Crippen molar-refractivity contribution in [2.75, 3.05) is 5.32 Å². The Balaban J connectivity index is 1.50. The minimum Gasteiger partial charge on any atom is -0.489 e. The molecule has 0 atom stereocenters. The fourth-order valence-corrected chi connectivity index (χ4v) is 2.96. The molecule has 2 aromatic carbocycles. The number of hydrogen-bond acceptors (Lipinski definition) is 5. The van der Waals surface area contributed by atoms with Crippen molar-refractivity contribution in [3.05, 3.63) is 78.1 Å². The third kappa shape index (κ3) is 4.64. The zero-order valence-corrected chi connectivity index (χ0v) is 15.6. The number of hydrogen-bond donors (Lipinski definition) is 2. The number of alkyl halides is 2. The van der Waals surface area contributed by atoms with Gasteiger partial charge in [0, 0.05) is 29.5 Å². The van der Waals surface area contributed by atoms with Crippen LogP contribution in [0.4, 0.5) is 20.3 Å². The van der Waals surface area contributed by atoms with Crippen LogP contribution < -0.4 is 14.8 Å². The van der Waals surface area contributed by atoms with E-state index in [4.69, 9.17) is 4.74 Å². The van der Waals surface area contributed by atoms with Gasteiger partial charge in [0.05, 0.1) is 0 Å². The highest BCUT2D eigenvalue weighted by molar-refractivity contribution is 5.83. The number of fused-ring (bicyclic) bond motifs is 1. The van der Waals surface area contributed by atoms with Crippen molar-refractivity contribution in [3.8, 4) is 17.6 Å². The highest BCUT2D eigenvalue weighted by Gasteiger charge is 2.08. The average molecular weight is 406 g/mol. The second kappa shape index (κ2) is 8.49. The van der Waals surface area contributed by atoms with Gasteiger partial charge in [0.2, 0.25) is 0 Å². The average Bonchev–Trinajstić information content (AvgIpc) is 3.20. The first kappa shape index (κ1) is 19.2. The van der Waals surface area contributed by atoms with Crippen LogP contribution in [0, 0.1) is 11.3 Å². The van der Waals surface area contributed by atoms with Gasteiger partial charge in [0.25, 0.3) is 0 Å². The van der Waals surface area contributed by atoms with Crippen molar-refractivity contribution in [1.29, 1.82) is 5.26 Å². The summed E-state index contributed by atoms with van der Waals surface area (Å²) in [7, 11) is 0. The third-order valence-corrected chi connectivity index (χ3v) is 4.27. The molecule has 30 heavy (non-hydrogen) atoms. The SMILES string of the molecule is N#Cc1cc(OCc2cccc(OC(F)F)c2)cc(Nc2ccc3cc[nH]c3c2)n1. The third-order valence-electron chi connectivity index (χ3n) is 4.27. The fraction of sp³-hybridized carbons (Fsp3) is 0.0909. The topological polar surface area (TPSA) is 83.0 Å². The van der Waals surface area contributed by atoms with Crippen LogP contribution in [0.2, 0.25) is 0 Å². The summed E-state index contributed by atoms with van der Waals surface area (Å²) >= 11 is 0. The Morgan fingerprint density at radius 3 is 2.80 bits per heavy atom. The molecule has 0 unspecified atom stereocenters. The van der Waals surface area contributed by atoms with Gasteiger partial charge in [-0.2, -0.15) is 14.0 Å². The maximum Gasteiger partial charge on any atom is 0.387 e. The van der Waals surface area contributed by atoms with Crippen molar-refractivity contribution in [3.63, 3.8) is 0 Å². The van der Waals surface area contributed by atoms with Gasteiger partial charge in [0.15, 0.2) is 0 Å².